The fraction of sp³-hybridized carbons (Fsp3) is 0.372. The molecule has 5 heterocycles. The van der Waals surface area contributed by atoms with E-state index in [0.29, 0.717) is 50.9 Å². The summed E-state index contributed by atoms with van der Waals surface area (Å²) in [6, 6.07) is 24.3. The van der Waals surface area contributed by atoms with Crippen LogP contribution in [0.4, 0.5) is 11.8 Å². The van der Waals surface area contributed by atoms with Gasteiger partial charge in [0.15, 0.2) is 0 Å². The number of hydrogen-bond acceptors (Lipinski definition) is 11. The maximum Gasteiger partial charge on any atom is 0.238 e. The Hall–Kier alpha value is -5.11. The summed E-state index contributed by atoms with van der Waals surface area (Å²) in [5.41, 5.74) is 5.12. The molecule has 0 saturated carbocycles. The predicted octanol–water partition coefficient (Wildman–Crippen LogP) is 5.65. The first-order valence-corrected chi connectivity index (χ1v) is 19.9. The van der Waals surface area contributed by atoms with Crippen LogP contribution in [0.5, 0.6) is 11.5 Å². The van der Waals surface area contributed by atoms with Crippen LogP contribution < -0.4 is 19.7 Å². The van der Waals surface area contributed by atoms with Gasteiger partial charge in [-0.2, -0.15) is 4.98 Å². The molecule has 3 aliphatic rings. The van der Waals surface area contributed by atoms with Gasteiger partial charge in [-0.05, 0) is 79.4 Å². The molecule has 12 nitrogen and oxygen atoms in total. The van der Waals surface area contributed by atoms with Gasteiger partial charge in [0.1, 0.15) is 29.1 Å². The molecule has 8 rings (SSSR count). The second-order valence-corrected chi connectivity index (χ2v) is 15.7. The van der Waals surface area contributed by atoms with E-state index >= 15 is 4.79 Å². The van der Waals surface area contributed by atoms with E-state index in [1.165, 1.54) is 0 Å². The minimum Gasteiger partial charge on any atom is -0.497 e. The molecule has 1 atom stereocenters. The van der Waals surface area contributed by atoms with Crippen molar-refractivity contribution in [2.45, 2.75) is 30.7 Å². The predicted molar refractivity (Wildman–Crippen MR) is 220 cm³/mol. The molecule has 3 aromatic carbocycles. The van der Waals surface area contributed by atoms with Gasteiger partial charge in [0.05, 0.1) is 38.7 Å². The molecule has 3 aliphatic heterocycles. The normalized spacial score (nSPS) is 17.2. The third kappa shape index (κ3) is 7.93. The van der Waals surface area contributed by atoms with E-state index in [9.17, 15) is 0 Å². The quantitative estimate of drug-likeness (QED) is 0.178. The number of morpholine rings is 1. The Morgan fingerprint density at radius 1 is 0.893 bits per heavy atom. The fourth-order valence-corrected chi connectivity index (χ4v) is 8.71. The third-order valence-electron chi connectivity index (χ3n) is 11.1. The van der Waals surface area contributed by atoms with Gasteiger partial charge in [0.2, 0.25) is 11.9 Å². The summed E-state index contributed by atoms with van der Waals surface area (Å²) in [7, 11) is 5.48. The van der Waals surface area contributed by atoms with Crippen LogP contribution in [-0.4, -0.2) is 115 Å². The SMILES string of the molecule is COc1ccc(CC2(Cc3ccc(OC)cc3)CN(C)CCN2C(=O)C(c2cccc(Br)c2)c2ncc(-c3nc(N4CCOCC4)nc4c3CCN4)cn2)cc1. The molecule has 290 valence electrons. The van der Waals surface area contributed by atoms with Crippen molar-refractivity contribution in [2.24, 2.45) is 0 Å². The van der Waals surface area contributed by atoms with Crippen molar-refractivity contribution < 1.29 is 19.0 Å². The zero-order valence-corrected chi connectivity index (χ0v) is 33.7. The summed E-state index contributed by atoms with van der Waals surface area (Å²) < 4.78 is 17.4. The minimum absolute atomic E-state index is 0.0345. The molecule has 1 unspecified atom stereocenters. The Labute approximate surface area is 336 Å². The smallest absolute Gasteiger partial charge is 0.238 e. The van der Waals surface area contributed by atoms with Crippen molar-refractivity contribution in [3.8, 4) is 22.8 Å². The van der Waals surface area contributed by atoms with Crippen LogP contribution in [0.1, 0.15) is 34.0 Å². The van der Waals surface area contributed by atoms with Crippen molar-refractivity contribution in [1.82, 2.24) is 29.7 Å². The summed E-state index contributed by atoms with van der Waals surface area (Å²) in [6.45, 7) is 5.50. The highest BCUT2D eigenvalue weighted by molar-refractivity contribution is 9.10. The fourth-order valence-electron chi connectivity index (χ4n) is 8.29. The van der Waals surface area contributed by atoms with Gasteiger partial charge in [0.25, 0.3) is 0 Å². The highest BCUT2D eigenvalue weighted by atomic mass is 79.9. The molecule has 56 heavy (non-hydrogen) atoms. The molecule has 2 saturated heterocycles. The van der Waals surface area contributed by atoms with Crippen LogP contribution in [0.3, 0.4) is 0 Å². The number of carbonyl (C=O) groups is 1. The second kappa shape index (κ2) is 16.5. The largest absolute Gasteiger partial charge is 0.497 e. The molecule has 5 aromatic rings. The number of carbonyl (C=O) groups excluding carboxylic acids is 1. The minimum atomic E-state index is -0.752. The van der Waals surface area contributed by atoms with Gasteiger partial charge >= 0.3 is 0 Å². The first-order valence-electron chi connectivity index (χ1n) is 19.1. The summed E-state index contributed by atoms with van der Waals surface area (Å²) >= 11 is 3.68. The van der Waals surface area contributed by atoms with E-state index in [-0.39, 0.29) is 5.91 Å². The van der Waals surface area contributed by atoms with E-state index in [4.69, 9.17) is 34.1 Å². The Morgan fingerprint density at radius 3 is 2.18 bits per heavy atom. The summed E-state index contributed by atoms with van der Waals surface area (Å²) in [4.78, 5) is 42.1. The number of rotatable bonds is 11. The molecule has 0 bridgehead atoms. The number of nitrogens with one attached hydrogen (secondary N) is 1. The van der Waals surface area contributed by atoms with Crippen molar-refractivity contribution >= 4 is 33.6 Å². The lowest BCUT2D eigenvalue weighted by Gasteiger charge is -2.51. The van der Waals surface area contributed by atoms with Crippen molar-refractivity contribution in [1.29, 1.82) is 0 Å². The zero-order chi connectivity index (χ0) is 38.6. The zero-order valence-electron chi connectivity index (χ0n) is 32.1. The molecule has 13 heteroatoms. The van der Waals surface area contributed by atoms with Gasteiger partial charge in [-0.15, -0.1) is 0 Å². The molecule has 0 radical (unpaired) electrons. The number of aromatic nitrogens is 4. The lowest BCUT2D eigenvalue weighted by Crippen LogP contribution is -2.66. The van der Waals surface area contributed by atoms with Gasteiger partial charge in [-0.25, -0.2) is 15.0 Å². The number of methoxy groups -OCH3 is 2. The van der Waals surface area contributed by atoms with Gasteiger partial charge < -0.3 is 34.2 Å². The summed E-state index contributed by atoms with van der Waals surface area (Å²) in [6.07, 6.45) is 5.72. The summed E-state index contributed by atoms with van der Waals surface area (Å²) in [5.74, 6) is 2.76. The van der Waals surface area contributed by atoms with E-state index in [1.54, 1.807) is 14.2 Å². The molecule has 0 spiro atoms. The number of ether oxygens (including phenoxy) is 3. The Balaban J connectivity index is 1.19. The average molecular weight is 820 g/mol. The average Bonchev–Trinajstić information content (AvgIpc) is 3.71. The molecular weight excluding hydrogens is 772 g/mol. The van der Waals surface area contributed by atoms with Crippen LogP contribution in [0.2, 0.25) is 0 Å². The maximum atomic E-state index is 15.6. The Kier molecular flexibility index (Phi) is 11.2. The molecule has 0 aliphatic carbocycles. The van der Waals surface area contributed by atoms with Gasteiger partial charge in [-0.1, -0.05) is 52.3 Å². The van der Waals surface area contributed by atoms with Crippen molar-refractivity contribution in [3.63, 3.8) is 0 Å². The lowest BCUT2D eigenvalue weighted by atomic mass is 9.79. The van der Waals surface area contributed by atoms with E-state index < -0.39 is 11.5 Å². The lowest BCUT2D eigenvalue weighted by molar-refractivity contribution is -0.143. The number of amides is 1. The Bertz CT molecular complexity index is 2100. The number of likely N-dealkylation sites (N-methyl/N-ethyl adjacent to an activating group) is 1. The number of nitrogens with zero attached hydrogens (tertiary/aromatic N) is 7. The van der Waals surface area contributed by atoms with Crippen molar-refractivity contribution in [3.05, 3.63) is 118 Å². The van der Waals surface area contributed by atoms with Crippen LogP contribution in [0, 0.1) is 0 Å². The number of fused-ring (bicyclic) bond motifs is 1. The molecular formula is C43H47BrN8O4. The van der Waals surface area contributed by atoms with E-state index in [0.717, 1.165) is 87.9 Å². The number of anilines is 2. The first-order chi connectivity index (χ1) is 27.3. The standard InChI is InChI=1S/C43H47BrN8O4/c1-50-17-18-52(43(28-50,24-29-7-11-34(54-2)12-8-29)25-30-9-13-35(55-3)14-10-30)41(53)37(31-5-4-6-33(44)23-31)40-46-26-32(27-47-40)38-36-15-16-45-39(36)49-42(48-38)51-19-21-56-22-20-51/h4-14,23,26-27,37H,15-22,24-25,28H2,1-3H3,(H,45,48,49). The molecule has 1 N–H and O–H groups in total. The first kappa shape index (κ1) is 37.8. The van der Waals surface area contributed by atoms with Crippen LogP contribution in [0.15, 0.2) is 89.7 Å². The highest BCUT2D eigenvalue weighted by Gasteiger charge is 2.46. The third-order valence-corrected chi connectivity index (χ3v) is 11.6. The van der Waals surface area contributed by atoms with E-state index in [1.807, 2.05) is 60.9 Å². The molecule has 1 amide bonds. The number of halogens is 1. The monoisotopic (exact) mass is 818 g/mol. The van der Waals surface area contributed by atoms with Crippen LogP contribution >= 0.6 is 15.9 Å². The molecule has 2 fully saturated rings. The second-order valence-electron chi connectivity index (χ2n) is 14.8. The van der Waals surface area contributed by atoms with Gasteiger partial charge in [-0.3, -0.25) is 4.79 Å². The molecule has 2 aromatic heterocycles. The summed E-state index contributed by atoms with van der Waals surface area (Å²) in [5, 5.41) is 3.43. The van der Waals surface area contributed by atoms with Crippen LogP contribution in [-0.2, 0) is 28.8 Å². The van der Waals surface area contributed by atoms with E-state index in [2.05, 4.69) is 67.3 Å². The van der Waals surface area contributed by atoms with Gasteiger partial charge in [0, 0.05) is 67.3 Å². The highest BCUT2D eigenvalue weighted by Crippen LogP contribution is 2.37. The topological polar surface area (TPSA) is 118 Å². The maximum absolute atomic E-state index is 15.6. The Morgan fingerprint density at radius 2 is 1.55 bits per heavy atom. The number of benzene rings is 3. The number of hydrogen-bond donors (Lipinski definition) is 1. The number of piperazine rings is 1. The van der Waals surface area contributed by atoms with Crippen LogP contribution in [0.25, 0.3) is 11.3 Å². The van der Waals surface area contributed by atoms with Crippen molar-refractivity contribution in [2.75, 3.05) is 84.0 Å².